The van der Waals surface area contributed by atoms with Crippen molar-refractivity contribution in [1.29, 1.82) is 0 Å². The molecule has 0 atom stereocenters. The molecule has 2 fully saturated rings. The van der Waals surface area contributed by atoms with Crippen molar-refractivity contribution in [1.82, 2.24) is 14.8 Å². The molecule has 0 radical (unpaired) electrons. The largest absolute Gasteiger partial charge is 0.303 e. The molecule has 0 bridgehead atoms. The van der Waals surface area contributed by atoms with Crippen molar-refractivity contribution in [3.63, 3.8) is 0 Å². The fourth-order valence-electron chi connectivity index (χ4n) is 2.29. The van der Waals surface area contributed by atoms with Gasteiger partial charge in [0.05, 0.1) is 0 Å². The van der Waals surface area contributed by atoms with E-state index in [4.69, 9.17) is 0 Å². The van der Waals surface area contributed by atoms with E-state index in [0.717, 1.165) is 17.3 Å². The number of carbonyl (C=O) groups excluding carboxylic acids is 1. The molecular weight excluding hydrogens is 258 g/mol. The number of rotatable bonds is 8. The van der Waals surface area contributed by atoms with Crippen LogP contribution >= 0.6 is 11.8 Å². The summed E-state index contributed by atoms with van der Waals surface area (Å²) >= 11 is 1.77. The number of thioether (sulfide) groups is 1. The first-order chi connectivity index (χ1) is 9.29. The summed E-state index contributed by atoms with van der Waals surface area (Å²) in [6.45, 7) is 1.93. The number of nitrogens with zero attached hydrogens (tertiary/aromatic N) is 3. The molecule has 3 rings (SSSR count). The molecule has 4 nitrogen and oxygen atoms in total. The highest BCUT2D eigenvalue weighted by molar-refractivity contribution is 7.99. The molecule has 0 unspecified atom stereocenters. The van der Waals surface area contributed by atoms with Gasteiger partial charge in [-0.1, -0.05) is 18.7 Å². The highest BCUT2D eigenvalue weighted by Gasteiger charge is 2.36. The molecule has 2 aliphatic rings. The summed E-state index contributed by atoms with van der Waals surface area (Å²) in [6.07, 6.45) is 7.43. The molecule has 0 aliphatic heterocycles. The fraction of sp³-hybridized carbons (Fsp3) is 0.786. The second-order valence-corrected chi connectivity index (χ2v) is 6.62. The SMILES string of the molecule is CCC(=O)CCCSc1nnc(C2CC2)n1C1CC1. The molecule has 0 saturated heterocycles. The van der Waals surface area contributed by atoms with E-state index in [-0.39, 0.29) is 0 Å². The number of aromatic nitrogens is 3. The topological polar surface area (TPSA) is 47.8 Å². The van der Waals surface area contributed by atoms with Gasteiger partial charge in [-0.25, -0.2) is 0 Å². The Labute approximate surface area is 118 Å². The van der Waals surface area contributed by atoms with Crippen LogP contribution in [0.3, 0.4) is 0 Å². The predicted molar refractivity (Wildman–Crippen MR) is 75.5 cm³/mol. The van der Waals surface area contributed by atoms with Gasteiger partial charge in [0, 0.05) is 30.6 Å². The molecule has 5 heteroatoms. The van der Waals surface area contributed by atoms with Gasteiger partial charge in [-0.2, -0.15) is 0 Å². The Morgan fingerprint density at radius 1 is 1.32 bits per heavy atom. The van der Waals surface area contributed by atoms with Crippen LogP contribution in [0.2, 0.25) is 0 Å². The first-order valence-corrected chi connectivity index (χ1v) is 8.37. The van der Waals surface area contributed by atoms with E-state index in [1.807, 2.05) is 6.92 Å². The van der Waals surface area contributed by atoms with Gasteiger partial charge in [-0.3, -0.25) is 4.79 Å². The van der Waals surface area contributed by atoms with Gasteiger partial charge in [0.1, 0.15) is 11.6 Å². The average Bonchev–Trinajstić information content (AvgIpc) is 3.33. The maximum atomic E-state index is 11.3. The van der Waals surface area contributed by atoms with Gasteiger partial charge >= 0.3 is 0 Å². The van der Waals surface area contributed by atoms with Gasteiger partial charge in [-0.15, -0.1) is 10.2 Å². The summed E-state index contributed by atoms with van der Waals surface area (Å²) < 4.78 is 2.38. The Balaban J connectivity index is 1.56. The number of ketones is 1. The minimum absolute atomic E-state index is 0.364. The summed E-state index contributed by atoms with van der Waals surface area (Å²) in [5, 5.41) is 9.84. The van der Waals surface area contributed by atoms with E-state index in [1.54, 1.807) is 11.8 Å². The predicted octanol–water partition coefficient (Wildman–Crippen LogP) is 3.34. The second-order valence-electron chi connectivity index (χ2n) is 5.56. The Morgan fingerprint density at radius 2 is 2.11 bits per heavy atom. The average molecular weight is 279 g/mol. The number of hydrogen-bond acceptors (Lipinski definition) is 4. The molecule has 1 heterocycles. The van der Waals surface area contributed by atoms with E-state index in [2.05, 4.69) is 14.8 Å². The smallest absolute Gasteiger partial charge is 0.191 e. The molecule has 1 aromatic rings. The van der Waals surface area contributed by atoms with E-state index in [1.165, 1.54) is 31.5 Å². The highest BCUT2D eigenvalue weighted by Crippen LogP contribution is 2.46. The lowest BCUT2D eigenvalue weighted by Gasteiger charge is -2.07. The molecular formula is C14H21N3OS. The molecule has 0 aromatic carbocycles. The summed E-state index contributed by atoms with van der Waals surface area (Å²) in [7, 11) is 0. The number of carbonyl (C=O) groups is 1. The molecule has 104 valence electrons. The normalized spacial score (nSPS) is 18.8. The van der Waals surface area contributed by atoms with Crippen molar-refractivity contribution in [2.75, 3.05) is 5.75 Å². The molecule has 0 spiro atoms. The Kier molecular flexibility index (Phi) is 3.91. The summed E-state index contributed by atoms with van der Waals surface area (Å²) in [6, 6.07) is 0.658. The lowest BCUT2D eigenvalue weighted by molar-refractivity contribution is -0.118. The fourth-order valence-corrected chi connectivity index (χ4v) is 3.24. The monoisotopic (exact) mass is 279 g/mol. The van der Waals surface area contributed by atoms with Crippen molar-refractivity contribution >= 4 is 17.5 Å². The molecule has 0 N–H and O–H groups in total. The van der Waals surface area contributed by atoms with Crippen molar-refractivity contribution in [2.45, 2.75) is 69.0 Å². The van der Waals surface area contributed by atoms with Gasteiger partial charge in [0.25, 0.3) is 0 Å². The van der Waals surface area contributed by atoms with Crippen molar-refractivity contribution in [3.8, 4) is 0 Å². The van der Waals surface area contributed by atoms with Crippen LogP contribution in [0.1, 0.15) is 69.7 Å². The third-order valence-corrected chi connectivity index (χ3v) is 4.80. The van der Waals surface area contributed by atoms with Crippen molar-refractivity contribution in [2.24, 2.45) is 0 Å². The third-order valence-electron chi connectivity index (χ3n) is 3.77. The first kappa shape index (κ1) is 13.2. The summed E-state index contributed by atoms with van der Waals surface area (Å²) in [4.78, 5) is 11.3. The minimum atomic E-state index is 0.364. The molecule has 1 aromatic heterocycles. The third kappa shape index (κ3) is 3.19. The Bertz CT molecular complexity index is 463. The highest BCUT2D eigenvalue weighted by atomic mass is 32.2. The first-order valence-electron chi connectivity index (χ1n) is 7.39. The number of hydrogen-bond donors (Lipinski definition) is 0. The molecule has 0 amide bonds. The van der Waals surface area contributed by atoms with E-state index < -0.39 is 0 Å². The maximum absolute atomic E-state index is 11.3. The van der Waals surface area contributed by atoms with E-state index in [0.29, 0.717) is 30.6 Å². The van der Waals surface area contributed by atoms with Crippen molar-refractivity contribution in [3.05, 3.63) is 5.82 Å². The van der Waals surface area contributed by atoms with Gasteiger partial charge in [0.2, 0.25) is 0 Å². The lowest BCUT2D eigenvalue weighted by atomic mass is 10.2. The molecule has 2 saturated carbocycles. The van der Waals surface area contributed by atoms with Crippen LogP contribution in [0.5, 0.6) is 0 Å². The Morgan fingerprint density at radius 3 is 2.74 bits per heavy atom. The number of Topliss-reactive ketones (excluding diaryl/α,β-unsaturated/α-hetero) is 1. The van der Waals surface area contributed by atoms with Crippen LogP contribution in [-0.4, -0.2) is 26.3 Å². The Hall–Kier alpha value is -0.840. The van der Waals surface area contributed by atoms with Gasteiger partial charge < -0.3 is 4.57 Å². The van der Waals surface area contributed by atoms with Gasteiger partial charge in [0.15, 0.2) is 5.16 Å². The zero-order valence-electron chi connectivity index (χ0n) is 11.5. The minimum Gasteiger partial charge on any atom is -0.303 e. The van der Waals surface area contributed by atoms with Crippen LogP contribution in [-0.2, 0) is 4.79 Å². The second kappa shape index (κ2) is 5.65. The zero-order valence-corrected chi connectivity index (χ0v) is 12.3. The quantitative estimate of drug-likeness (QED) is 0.541. The van der Waals surface area contributed by atoms with Crippen LogP contribution in [0, 0.1) is 0 Å². The zero-order chi connectivity index (χ0) is 13.2. The van der Waals surface area contributed by atoms with E-state index in [9.17, 15) is 4.79 Å². The molecule has 19 heavy (non-hydrogen) atoms. The lowest BCUT2D eigenvalue weighted by Crippen LogP contribution is -2.02. The maximum Gasteiger partial charge on any atom is 0.191 e. The summed E-state index contributed by atoms with van der Waals surface area (Å²) in [5.74, 6) is 3.23. The van der Waals surface area contributed by atoms with Gasteiger partial charge in [-0.05, 0) is 32.1 Å². The van der Waals surface area contributed by atoms with Crippen LogP contribution in [0.4, 0.5) is 0 Å². The van der Waals surface area contributed by atoms with Crippen LogP contribution in [0.25, 0.3) is 0 Å². The van der Waals surface area contributed by atoms with E-state index >= 15 is 0 Å². The van der Waals surface area contributed by atoms with Crippen LogP contribution < -0.4 is 0 Å². The summed E-state index contributed by atoms with van der Waals surface area (Å²) in [5.41, 5.74) is 0. The van der Waals surface area contributed by atoms with Crippen LogP contribution in [0.15, 0.2) is 5.16 Å². The standard InChI is InChI=1S/C14H21N3OS/c1-2-12(18)4-3-9-19-14-16-15-13(10-5-6-10)17(14)11-7-8-11/h10-11H,2-9H2,1H3. The van der Waals surface area contributed by atoms with Crippen molar-refractivity contribution < 1.29 is 4.79 Å². The molecule has 2 aliphatic carbocycles.